The number of aliphatic hydroxyl groups excluding tert-OH is 1. The van der Waals surface area contributed by atoms with E-state index in [9.17, 15) is 0 Å². The number of hydrogen-bond donors (Lipinski definition) is 1. The van der Waals surface area contributed by atoms with Gasteiger partial charge in [0, 0.05) is 24.1 Å². The molecule has 3 heteroatoms. The molecule has 1 aliphatic rings. The molecule has 0 aromatic heterocycles. The molecule has 1 fully saturated rings. The normalized spacial score (nSPS) is 18.2. The largest absolute Gasteiger partial charge is 0.390 e. The van der Waals surface area contributed by atoms with Gasteiger partial charge in [-0.3, -0.25) is 4.90 Å². The van der Waals surface area contributed by atoms with Crippen LogP contribution in [0, 0.1) is 6.92 Å². The summed E-state index contributed by atoms with van der Waals surface area (Å²) in [5, 5.41) is 9.16. The molecule has 0 saturated carbocycles. The summed E-state index contributed by atoms with van der Waals surface area (Å²) in [5.41, 5.74) is 2.65. The van der Waals surface area contributed by atoms with Gasteiger partial charge < -0.3 is 5.11 Å². The minimum Gasteiger partial charge on any atom is -0.390 e. The fourth-order valence-electron chi connectivity index (χ4n) is 1.75. The Morgan fingerprint density at radius 1 is 1.50 bits per heavy atom. The average Bonchev–Trinajstić information content (AvgIpc) is 2.06. The van der Waals surface area contributed by atoms with Gasteiger partial charge in [-0.15, -0.1) is 0 Å². The highest BCUT2D eigenvalue weighted by Gasteiger charge is 2.24. The van der Waals surface area contributed by atoms with Gasteiger partial charge in [0.25, 0.3) is 0 Å². The zero-order valence-corrected chi connectivity index (χ0v) is 9.79. The molecule has 1 aromatic carbocycles. The van der Waals surface area contributed by atoms with Crippen LogP contribution in [-0.2, 0) is 6.54 Å². The Balaban J connectivity index is 2.02. The second kappa shape index (κ2) is 4.01. The predicted molar refractivity (Wildman–Crippen MR) is 60.2 cm³/mol. The number of rotatable bonds is 2. The summed E-state index contributed by atoms with van der Waals surface area (Å²) in [6, 6.07) is 6.34. The van der Waals surface area contributed by atoms with Gasteiger partial charge in [-0.05, 0) is 30.2 Å². The Bertz CT molecular complexity index is 334. The third-order valence-corrected chi connectivity index (χ3v) is 3.13. The quantitative estimate of drug-likeness (QED) is 0.874. The predicted octanol–water partition coefficient (Wildman–Crippen LogP) is 1.93. The number of nitrogens with zero attached hydrogens (tertiary/aromatic N) is 1. The van der Waals surface area contributed by atoms with E-state index in [1.165, 1.54) is 11.1 Å². The maximum atomic E-state index is 9.16. The van der Waals surface area contributed by atoms with E-state index in [-0.39, 0.29) is 6.10 Å². The highest BCUT2D eigenvalue weighted by molar-refractivity contribution is 9.10. The van der Waals surface area contributed by atoms with Gasteiger partial charge in [-0.1, -0.05) is 22.0 Å². The maximum absolute atomic E-state index is 9.16. The molecular weight excluding hydrogens is 242 g/mol. The molecule has 0 aliphatic carbocycles. The lowest BCUT2D eigenvalue weighted by Crippen LogP contribution is -2.49. The minimum atomic E-state index is -0.106. The zero-order chi connectivity index (χ0) is 10.1. The zero-order valence-electron chi connectivity index (χ0n) is 8.20. The second-order valence-electron chi connectivity index (χ2n) is 3.92. The molecule has 2 nitrogen and oxygen atoms in total. The van der Waals surface area contributed by atoms with Crippen LogP contribution in [0.5, 0.6) is 0 Å². The first-order valence-corrected chi connectivity index (χ1v) is 5.60. The molecule has 1 N–H and O–H groups in total. The molecular formula is C11H14BrNO. The van der Waals surface area contributed by atoms with E-state index in [1.54, 1.807) is 0 Å². The van der Waals surface area contributed by atoms with Crippen LogP contribution in [-0.4, -0.2) is 29.2 Å². The van der Waals surface area contributed by atoms with Gasteiger partial charge in [0.2, 0.25) is 0 Å². The van der Waals surface area contributed by atoms with Crippen LogP contribution < -0.4 is 0 Å². The van der Waals surface area contributed by atoms with E-state index in [4.69, 9.17) is 5.11 Å². The monoisotopic (exact) mass is 255 g/mol. The molecule has 1 aromatic rings. The fraction of sp³-hybridized carbons (Fsp3) is 0.455. The third-order valence-electron chi connectivity index (χ3n) is 2.64. The van der Waals surface area contributed by atoms with Gasteiger partial charge in [0.1, 0.15) is 0 Å². The highest BCUT2D eigenvalue weighted by atomic mass is 79.9. The Hall–Kier alpha value is -0.380. The Morgan fingerprint density at radius 2 is 2.21 bits per heavy atom. The van der Waals surface area contributed by atoms with Gasteiger partial charge in [0.15, 0.2) is 0 Å². The van der Waals surface area contributed by atoms with Crippen molar-refractivity contribution in [2.45, 2.75) is 19.6 Å². The topological polar surface area (TPSA) is 23.5 Å². The average molecular weight is 256 g/mol. The SMILES string of the molecule is Cc1cc(Br)ccc1CN1CC(O)C1. The van der Waals surface area contributed by atoms with Crippen LogP contribution in [0.2, 0.25) is 0 Å². The van der Waals surface area contributed by atoms with Crippen molar-refractivity contribution in [2.24, 2.45) is 0 Å². The molecule has 0 amide bonds. The molecule has 0 radical (unpaired) electrons. The van der Waals surface area contributed by atoms with Gasteiger partial charge in [0.05, 0.1) is 6.10 Å². The molecule has 76 valence electrons. The summed E-state index contributed by atoms with van der Waals surface area (Å²) in [6.45, 7) is 4.71. The van der Waals surface area contributed by atoms with Crippen molar-refractivity contribution in [1.82, 2.24) is 4.90 Å². The van der Waals surface area contributed by atoms with E-state index in [2.05, 4.69) is 46.0 Å². The molecule has 0 atom stereocenters. The van der Waals surface area contributed by atoms with Crippen molar-refractivity contribution in [2.75, 3.05) is 13.1 Å². The van der Waals surface area contributed by atoms with E-state index < -0.39 is 0 Å². The number of aliphatic hydroxyl groups is 1. The summed E-state index contributed by atoms with van der Waals surface area (Å²) in [4.78, 5) is 2.25. The van der Waals surface area contributed by atoms with Crippen molar-refractivity contribution in [3.05, 3.63) is 33.8 Å². The van der Waals surface area contributed by atoms with Crippen LogP contribution in [0.15, 0.2) is 22.7 Å². The molecule has 1 aliphatic heterocycles. The molecule has 2 rings (SSSR count). The highest BCUT2D eigenvalue weighted by Crippen LogP contribution is 2.19. The third kappa shape index (κ3) is 2.16. The minimum absolute atomic E-state index is 0.106. The second-order valence-corrected chi connectivity index (χ2v) is 4.83. The number of hydrogen-bond acceptors (Lipinski definition) is 2. The first-order valence-electron chi connectivity index (χ1n) is 4.80. The molecule has 0 bridgehead atoms. The fourth-order valence-corrected chi connectivity index (χ4v) is 2.22. The van der Waals surface area contributed by atoms with E-state index in [0.717, 1.165) is 24.1 Å². The summed E-state index contributed by atoms with van der Waals surface area (Å²) >= 11 is 3.45. The van der Waals surface area contributed by atoms with Crippen molar-refractivity contribution in [3.8, 4) is 0 Å². The lowest BCUT2D eigenvalue weighted by atomic mass is 10.1. The van der Waals surface area contributed by atoms with Crippen molar-refractivity contribution < 1.29 is 5.11 Å². The molecule has 14 heavy (non-hydrogen) atoms. The molecule has 1 saturated heterocycles. The van der Waals surface area contributed by atoms with Crippen molar-refractivity contribution in [3.63, 3.8) is 0 Å². The number of β-amino-alcohol motifs (C(OH)–C–C–N with tert-alkyl or cyclic N) is 1. The number of halogens is 1. The summed E-state index contributed by atoms with van der Waals surface area (Å²) in [7, 11) is 0. The van der Waals surface area contributed by atoms with Crippen LogP contribution in [0.3, 0.4) is 0 Å². The van der Waals surface area contributed by atoms with Crippen LogP contribution in [0.25, 0.3) is 0 Å². The van der Waals surface area contributed by atoms with Gasteiger partial charge in [-0.2, -0.15) is 0 Å². The molecule has 1 heterocycles. The van der Waals surface area contributed by atoms with Crippen LogP contribution in [0.1, 0.15) is 11.1 Å². The maximum Gasteiger partial charge on any atom is 0.0794 e. The van der Waals surface area contributed by atoms with Crippen molar-refractivity contribution in [1.29, 1.82) is 0 Å². The first-order chi connectivity index (χ1) is 6.65. The first kappa shape index (κ1) is 10.1. The molecule has 0 spiro atoms. The Morgan fingerprint density at radius 3 is 2.79 bits per heavy atom. The number of aryl methyl sites for hydroxylation is 1. The van der Waals surface area contributed by atoms with E-state index >= 15 is 0 Å². The lowest BCUT2D eigenvalue weighted by molar-refractivity contribution is -0.00296. The van der Waals surface area contributed by atoms with Crippen LogP contribution >= 0.6 is 15.9 Å². The smallest absolute Gasteiger partial charge is 0.0794 e. The molecule has 0 unspecified atom stereocenters. The van der Waals surface area contributed by atoms with E-state index in [1.807, 2.05) is 0 Å². The Labute approximate surface area is 92.7 Å². The number of benzene rings is 1. The van der Waals surface area contributed by atoms with Crippen LogP contribution in [0.4, 0.5) is 0 Å². The van der Waals surface area contributed by atoms with Gasteiger partial charge >= 0.3 is 0 Å². The van der Waals surface area contributed by atoms with Crippen molar-refractivity contribution >= 4 is 15.9 Å². The summed E-state index contributed by atoms with van der Waals surface area (Å²) < 4.78 is 1.13. The summed E-state index contributed by atoms with van der Waals surface area (Å²) in [6.07, 6.45) is -0.106. The van der Waals surface area contributed by atoms with Gasteiger partial charge in [-0.25, -0.2) is 0 Å². The standard InChI is InChI=1S/C11H14BrNO/c1-8-4-10(12)3-2-9(8)5-13-6-11(14)7-13/h2-4,11,14H,5-7H2,1H3. The Kier molecular flexibility index (Phi) is 2.91. The summed E-state index contributed by atoms with van der Waals surface area (Å²) in [5.74, 6) is 0. The lowest BCUT2D eigenvalue weighted by Gasteiger charge is -2.36. The van der Waals surface area contributed by atoms with E-state index in [0.29, 0.717) is 0 Å². The number of likely N-dealkylation sites (tertiary alicyclic amines) is 1.